The summed E-state index contributed by atoms with van der Waals surface area (Å²) >= 11 is 0. The van der Waals surface area contributed by atoms with E-state index >= 15 is 0 Å². The largest absolute Gasteiger partial charge is 0.354 e. The van der Waals surface area contributed by atoms with E-state index in [1.165, 1.54) is 5.56 Å². The van der Waals surface area contributed by atoms with E-state index < -0.39 is 0 Å². The summed E-state index contributed by atoms with van der Waals surface area (Å²) in [6.07, 6.45) is 3.93. The second-order valence-corrected chi connectivity index (χ2v) is 5.32. The molecular formula is C18H24N4. The molecule has 2 rings (SSSR count). The normalized spacial score (nSPS) is 12.7. The zero-order valence-corrected chi connectivity index (χ0v) is 13.3. The summed E-state index contributed by atoms with van der Waals surface area (Å²) in [6.45, 7) is 2.85. The van der Waals surface area contributed by atoms with Gasteiger partial charge in [-0.15, -0.1) is 0 Å². The van der Waals surface area contributed by atoms with Gasteiger partial charge >= 0.3 is 0 Å². The monoisotopic (exact) mass is 296 g/mol. The third kappa shape index (κ3) is 5.56. The molecule has 0 spiro atoms. The minimum atomic E-state index is 0.357. The Bertz CT molecular complexity index is 566. The molecule has 4 nitrogen and oxygen atoms in total. The first-order valence-electron chi connectivity index (χ1n) is 7.69. The van der Waals surface area contributed by atoms with Crippen molar-refractivity contribution in [1.29, 1.82) is 0 Å². The third-order valence-electron chi connectivity index (χ3n) is 3.48. The van der Waals surface area contributed by atoms with Gasteiger partial charge in [0.2, 0.25) is 0 Å². The van der Waals surface area contributed by atoms with Crippen LogP contribution in [0.4, 0.5) is 0 Å². The smallest absolute Gasteiger partial charge is 0.191 e. The molecule has 1 aromatic heterocycles. The van der Waals surface area contributed by atoms with Crippen LogP contribution in [0.5, 0.6) is 0 Å². The fourth-order valence-corrected chi connectivity index (χ4v) is 2.21. The Hall–Kier alpha value is -2.36. The molecule has 0 saturated heterocycles. The SMILES string of the molecule is CN=C(NCc1ccccn1)N[C@H](C)CCc1ccccc1. The lowest BCUT2D eigenvalue weighted by molar-refractivity contribution is 0.592. The van der Waals surface area contributed by atoms with Gasteiger partial charge in [-0.25, -0.2) is 0 Å². The van der Waals surface area contributed by atoms with Gasteiger partial charge in [-0.1, -0.05) is 36.4 Å². The van der Waals surface area contributed by atoms with Crippen molar-refractivity contribution in [1.82, 2.24) is 15.6 Å². The van der Waals surface area contributed by atoms with Gasteiger partial charge in [-0.05, 0) is 37.5 Å². The minimum absolute atomic E-state index is 0.357. The molecule has 0 aliphatic carbocycles. The van der Waals surface area contributed by atoms with E-state index in [0.29, 0.717) is 12.6 Å². The number of aryl methyl sites for hydroxylation is 1. The van der Waals surface area contributed by atoms with Crippen molar-refractivity contribution in [3.05, 3.63) is 66.0 Å². The Morgan fingerprint density at radius 3 is 2.59 bits per heavy atom. The molecule has 1 atom stereocenters. The second kappa shape index (κ2) is 8.82. The summed E-state index contributed by atoms with van der Waals surface area (Å²) in [4.78, 5) is 8.56. The van der Waals surface area contributed by atoms with Crippen LogP contribution < -0.4 is 10.6 Å². The Balaban J connectivity index is 1.75. The van der Waals surface area contributed by atoms with Crippen LogP contribution >= 0.6 is 0 Å². The summed E-state index contributed by atoms with van der Waals surface area (Å²) in [5, 5.41) is 6.71. The molecular weight excluding hydrogens is 272 g/mol. The molecule has 116 valence electrons. The van der Waals surface area contributed by atoms with Crippen molar-refractivity contribution in [3.63, 3.8) is 0 Å². The quantitative estimate of drug-likeness (QED) is 0.636. The molecule has 2 N–H and O–H groups in total. The van der Waals surface area contributed by atoms with Crippen molar-refractivity contribution in [2.45, 2.75) is 32.4 Å². The number of benzene rings is 1. The molecule has 4 heteroatoms. The van der Waals surface area contributed by atoms with Crippen LogP contribution in [0.15, 0.2) is 59.7 Å². The van der Waals surface area contributed by atoms with Gasteiger partial charge in [0, 0.05) is 19.3 Å². The average molecular weight is 296 g/mol. The maximum absolute atomic E-state index is 4.29. The van der Waals surface area contributed by atoms with Gasteiger partial charge < -0.3 is 10.6 Å². The molecule has 0 aliphatic rings. The zero-order valence-electron chi connectivity index (χ0n) is 13.3. The fourth-order valence-electron chi connectivity index (χ4n) is 2.21. The highest BCUT2D eigenvalue weighted by atomic mass is 15.2. The Morgan fingerprint density at radius 1 is 1.14 bits per heavy atom. The molecule has 0 unspecified atom stereocenters. The lowest BCUT2D eigenvalue weighted by atomic mass is 10.1. The molecule has 22 heavy (non-hydrogen) atoms. The number of aliphatic imine (C=N–C) groups is 1. The number of guanidine groups is 1. The first kappa shape index (κ1) is 16.0. The molecule has 0 radical (unpaired) electrons. The van der Waals surface area contributed by atoms with Gasteiger partial charge in [-0.2, -0.15) is 0 Å². The van der Waals surface area contributed by atoms with E-state index in [1.54, 1.807) is 13.2 Å². The predicted molar refractivity (Wildman–Crippen MR) is 91.8 cm³/mol. The summed E-state index contributed by atoms with van der Waals surface area (Å²) in [6, 6.07) is 16.8. The Labute approximate surface area is 132 Å². The van der Waals surface area contributed by atoms with Crippen molar-refractivity contribution >= 4 is 5.96 Å². The van der Waals surface area contributed by atoms with Crippen LogP contribution in [0.3, 0.4) is 0 Å². The van der Waals surface area contributed by atoms with Crippen LogP contribution in [0.1, 0.15) is 24.6 Å². The van der Waals surface area contributed by atoms with E-state index in [0.717, 1.165) is 24.5 Å². The number of rotatable bonds is 6. The van der Waals surface area contributed by atoms with E-state index in [4.69, 9.17) is 0 Å². The number of pyridine rings is 1. The molecule has 0 saturated carbocycles. The van der Waals surface area contributed by atoms with Gasteiger partial charge in [0.1, 0.15) is 0 Å². The highest BCUT2D eigenvalue weighted by Gasteiger charge is 2.05. The number of hydrogen-bond donors (Lipinski definition) is 2. The maximum atomic E-state index is 4.29. The standard InChI is InChI=1S/C18H24N4/c1-15(11-12-16-8-4-3-5-9-16)22-18(19-2)21-14-17-10-6-7-13-20-17/h3-10,13,15H,11-12,14H2,1-2H3,(H2,19,21,22)/t15-/m1/s1. The third-order valence-corrected chi connectivity index (χ3v) is 3.48. The topological polar surface area (TPSA) is 49.3 Å². The summed E-state index contributed by atoms with van der Waals surface area (Å²) in [7, 11) is 1.79. The lowest BCUT2D eigenvalue weighted by Crippen LogP contribution is -2.42. The van der Waals surface area contributed by atoms with Crippen molar-refractivity contribution in [2.75, 3.05) is 7.05 Å². The van der Waals surface area contributed by atoms with E-state index in [2.05, 4.69) is 57.9 Å². The van der Waals surface area contributed by atoms with E-state index in [9.17, 15) is 0 Å². The minimum Gasteiger partial charge on any atom is -0.354 e. The molecule has 0 amide bonds. The predicted octanol–water partition coefficient (Wildman–Crippen LogP) is 2.77. The number of aromatic nitrogens is 1. The van der Waals surface area contributed by atoms with Crippen molar-refractivity contribution in [2.24, 2.45) is 4.99 Å². The summed E-state index contributed by atoms with van der Waals surface area (Å²) < 4.78 is 0. The summed E-state index contributed by atoms with van der Waals surface area (Å²) in [5.41, 5.74) is 2.37. The van der Waals surface area contributed by atoms with Crippen molar-refractivity contribution < 1.29 is 0 Å². The van der Waals surface area contributed by atoms with Crippen LogP contribution in [0.2, 0.25) is 0 Å². The second-order valence-electron chi connectivity index (χ2n) is 5.32. The van der Waals surface area contributed by atoms with Crippen LogP contribution in [-0.2, 0) is 13.0 Å². The molecule has 2 aromatic rings. The van der Waals surface area contributed by atoms with Gasteiger partial charge in [-0.3, -0.25) is 9.98 Å². The van der Waals surface area contributed by atoms with Crippen LogP contribution in [-0.4, -0.2) is 24.0 Å². The lowest BCUT2D eigenvalue weighted by Gasteiger charge is -2.17. The first-order valence-corrected chi connectivity index (χ1v) is 7.69. The Morgan fingerprint density at radius 2 is 1.91 bits per heavy atom. The maximum Gasteiger partial charge on any atom is 0.191 e. The summed E-state index contributed by atoms with van der Waals surface area (Å²) in [5.74, 6) is 0.811. The molecule has 0 fully saturated rings. The van der Waals surface area contributed by atoms with Gasteiger partial charge in [0.25, 0.3) is 0 Å². The van der Waals surface area contributed by atoms with Crippen molar-refractivity contribution in [3.8, 4) is 0 Å². The zero-order chi connectivity index (χ0) is 15.6. The van der Waals surface area contributed by atoms with Gasteiger partial charge in [0.15, 0.2) is 5.96 Å². The number of hydrogen-bond acceptors (Lipinski definition) is 2. The highest BCUT2D eigenvalue weighted by Crippen LogP contribution is 2.04. The van der Waals surface area contributed by atoms with Gasteiger partial charge in [0.05, 0.1) is 12.2 Å². The molecule has 1 heterocycles. The Kier molecular flexibility index (Phi) is 6.42. The van der Waals surface area contributed by atoms with Crippen LogP contribution in [0, 0.1) is 0 Å². The van der Waals surface area contributed by atoms with E-state index in [1.807, 2.05) is 18.2 Å². The van der Waals surface area contributed by atoms with E-state index in [-0.39, 0.29) is 0 Å². The molecule has 1 aromatic carbocycles. The first-order chi connectivity index (χ1) is 10.8. The molecule has 0 bridgehead atoms. The number of nitrogens with zero attached hydrogens (tertiary/aromatic N) is 2. The highest BCUT2D eigenvalue weighted by molar-refractivity contribution is 5.79. The average Bonchev–Trinajstić information content (AvgIpc) is 2.58. The fraction of sp³-hybridized carbons (Fsp3) is 0.333. The van der Waals surface area contributed by atoms with Crippen LogP contribution in [0.25, 0.3) is 0 Å². The molecule has 0 aliphatic heterocycles. The number of nitrogens with one attached hydrogen (secondary N) is 2.